The van der Waals surface area contributed by atoms with E-state index in [1.54, 1.807) is 11.4 Å². The lowest BCUT2D eigenvalue weighted by Gasteiger charge is -2.09. The van der Waals surface area contributed by atoms with Crippen molar-refractivity contribution >= 4 is 28.3 Å². The first kappa shape index (κ1) is 17.1. The number of benzene rings is 1. The van der Waals surface area contributed by atoms with Crippen LogP contribution in [0.1, 0.15) is 26.4 Å². The van der Waals surface area contributed by atoms with Gasteiger partial charge in [-0.3, -0.25) is 14.9 Å². The molecule has 0 saturated carbocycles. The molecule has 0 bridgehead atoms. The first-order valence-corrected chi connectivity index (χ1v) is 8.11. The maximum absolute atomic E-state index is 12.2. The van der Waals surface area contributed by atoms with Crippen molar-refractivity contribution in [3.05, 3.63) is 46.5 Å². The zero-order valence-electron chi connectivity index (χ0n) is 13.4. The van der Waals surface area contributed by atoms with Gasteiger partial charge in [-0.15, -0.1) is 11.3 Å². The molecule has 0 atom stereocenters. The van der Waals surface area contributed by atoms with Crippen LogP contribution in [0, 0.1) is 6.92 Å². The Morgan fingerprint density at radius 2 is 1.96 bits per heavy atom. The summed E-state index contributed by atoms with van der Waals surface area (Å²) in [5.41, 5.74) is 1.80. The summed E-state index contributed by atoms with van der Waals surface area (Å²) in [6.45, 7) is 3.18. The fraction of sp³-hybridized carbons (Fsp3) is 0.312. The van der Waals surface area contributed by atoms with Gasteiger partial charge in [-0.2, -0.15) is 0 Å². The molecule has 23 heavy (non-hydrogen) atoms. The number of rotatable bonds is 6. The molecule has 6 nitrogen and oxygen atoms in total. The number of hydrogen-bond acceptors (Lipinski definition) is 5. The molecule has 2 amide bonds. The Labute approximate surface area is 139 Å². The van der Waals surface area contributed by atoms with Crippen molar-refractivity contribution < 1.29 is 9.59 Å². The molecular formula is C16H20N4O2S. The van der Waals surface area contributed by atoms with Crippen LogP contribution in [0.15, 0.2) is 29.6 Å². The second-order valence-corrected chi connectivity index (χ2v) is 6.22. The molecule has 0 saturated heterocycles. The standard InChI is InChI=1S/C16H20N4O2S/c1-11-6-4-5-7-12(11)14(21)19-16-18-13(10-23-16)15(22)17-8-9-20(2)3/h4-7,10H,8-9H2,1-3H3,(H,17,22)(H,18,19,21). The predicted molar refractivity (Wildman–Crippen MR) is 92.1 cm³/mol. The SMILES string of the molecule is Cc1ccccc1C(=O)Nc1nc(C(=O)NCCN(C)C)cs1. The van der Waals surface area contributed by atoms with Crippen molar-refractivity contribution in [2.24, 2.45) is 0 Å². The zero-order chi connectivity index (χ0) is 16.8. The van der Waals surface area contributed by atoms with E-state index in [0.29, 0.717) is 22.9 Å². The average molecular weight is 332 g/mol. The summed E-state index contributed by atoms with van der Waals surface area (Å²) in [4.78, 5) is 30.3. The molecule has 2 rings (SSSR count). The van der Waals surface area contributed by atoms with Gasteiger partial charge in [-0.1, -0.05) is 18.2 Å². The van der Waals surface area contributed by atoms with E-state index in [1.807, 2.05) is 44.1 Å². The van der Waals surface area contributed by atoms with Crippen LogP contribution in [0.4, 0.5) is 5.13 Å². The van der Waals surface area contributed by atoms with Gasteiger partial charge in [0.25, 0.3) is 11.8 Å². The summed E-state index contributed by atoms with van der Waals surface area (Å²) >= 11 is 1.23. The lowest BCUT2D eigenvalue weighted by molar-refractivity contribution is 0.0945. The van der Waals surface area contributed by atoms with Gasteiger partial charge in [0, 0.05) is 24.0 Å². The molecular weight excluding hydrogens is 312 g/mol. The van der Waals surface area contributed by atoms with Crippen molar-refractivity contribution in [1.29, 1.82) is 0 Å². The van der Waals surface area contributed by atoms with E-state index in [0.717, 1.165) is 12.1 Å². The molecule has 2 aromatic rings. The molecule has 0 aliphatic rings. The minimum atomic E-state index is -0.237. The molecule has 7 heteroatoms. The number of nitrogens with zero attached hydrogens (tertiary/aromatic N) is 2. The third kappa shape index (κ3) is 4.87. The summed E-state index contributed by atoms with van der Waals surface area (Å²) in [6.07, 6.45) is 0. The number of hydrogen-bond donors (Lipinski definition) is 2. The fourth-order valence-electron chi connectivity index (χ4n) is 1.91. The highest BCUT2D eigenvalue weighted by molar-refractivity contribution is 7.14. The van der Waals surface area contributed by atoms with Crippen LogP contribution in [0.5, 0.6) is 0 Å². The van der Waals surface area contributed by atoms with E-state index < -0.39 is 0 Å². The van der Waals surface area contributed by atoms with Crippen LogP contribution in [-0.4, -0.2) is 48.9 Å². The lowest BCUT2D eigenvalue weighted by Crippen LogP contribution is -2.31. The number of carbonyl (C=O) groups excluding carboxylic acids is 2. The normalized spacial score (nSPS) is 10.6. The third-order valence-corrected chi connectivity index (χ3v) is 3.95. The van der Waals surface area contributed by atoms with E-state index >= 15 is 0 Å². The van der Waals surface area contributed by atoms with Gasteiger partial charge in [0.1, 0.15) is 5.69 Å². The molecule has 1 heterocycles. The number of thiazole rings is 1. The highest BCUT2D eigenvalue weighted by Gasteiger charge is 2.14. The van der Waals surface area contributed by atoms with Gasteiger partial charge < -0.3 is 10.2 Å². The van der Waals surface area contributed by atoms with Crippen LogP contribution < -0.4 is 10.6 Å². The Morgan fingerprint density at radius 1 is 1.22 bits per heavy atom. The molecule has 1 aromatic carbocycles. The van der Waals surface area contributed by atoms with Gasteiger partial charge >= 0.3 is 0 Å². The number of aryl methyl sites for hydroxylation is 1. The smallest absolute Gasteiger partial charge is 0.270 e. The van der Waals surface area contributed by atoms with E-state index in [-0.39, 0.29) is 11.8 Å². The van der Waals surface area contributed by atoms with Crippen molar-refractivity contribution in [3.8, 4) is 0 Å². The summed E-state index contributed by atoms with van der Waals surface area (Å²) in [6, 6.07) is 7.33. The largest absolute Gasteiger partial charge is 0.349 e. The quantitative estimate of drug-likeness (QED) is 0.848. The molecule has 0 fully saturated rings. The second-order valence-electron chi connectivity index (χ2n) is 5.37. The molecule has 0 unspecified atom stereocenters. The predicted octanol–water partition coefficient (Wildman–Crippen LogP) is 2.00. The minimum absolute atomic E-state index is 0.225. The number of anilines is 1. The Bertz CT molecular complexity index is 697. The van der Waals surface area contributed by atoms with Crippen molar-refractivity contribution in [1.82, 2.24) is 15.2 Å². The Hall–Kier alpha value is -2.25. The molecule has 0 aliphatic heterocycles. The van der Waals surface area contributed by atoms with Crippen LogP contribution in [0.3, 0.4) is 0 Å². The topological polar surface area (TPSA) is 74.3 Å². The van der Waals surface area contributed by atoms with Gasteiger partial charge in [0.15, 0.2) is 5.13 Å². The van der Waals surface area contributed by atoms with Crippen molar-refractivity contribution in [2.45, 2.75) is 6.92 Å². The first-order chi connectivity index (χ1) is 11.0. The monoisotopic (exact) mass is 332 g/mol. The number of carbonyl (C=O) groups is 2. The van der Waals surface area contributed by atoms with Gasteiger partial charge in [-0.25, -0.2) is 4.98 Å². The zero-order valence-corrected chi connectivity index (χ0v) is 14.2. The summed E-state index contributed by atoms with van der Waals surface area (Å²) in [7, 11) is 3.88. The van der Waals surface area contributed by atoms with Crippen LogP contribution in [0.2, 0.25) is 0 Å². The van der Waals surface area contributed by atoms with E-state index in [1.165, 1.54) is 11.3 Å². The van der Waals surface area contributed by atoms with Crippen LogP contribution >= 0.6 is 11.3 Å². The van der Waals surface area contributed by atoms with Crippen LogP contribution in [-0.2, 0) is 0 Å². The number of amides is 2. The first-order valence-electron chi connectivity index (χ1n) is 7.23. The van der Waals surface area contributed by atoms with Crippen molar-refractivity contribution in [2.75, 3.05) is 32.5 Å². The maximum atomic E-state index is 12.2. The fourth-order valence-corrected chi connectivity index (χ4v) is 2.60. The molecule has 122 valence electrons. The lowest BCUT2D eigenvalue weighted by atomic mass is 10.1. The van der Waals surface area contributed by atoms with E-state index in [2.05, 4.69) is 15.6 Å². The van der Waals surface area contributed by atoms with Crippen LogP contribution in [0.25, 0.3) is 0 Å². The Balaban J connectivity index is 1.95. The van der Waals surface area contributed by atoms with E-state index in [9.17, 15) is 9.59 Å². The highest BCUT2D eigenvalue weighted by Crippen LogP contribution is 2.17. The average Bonchev–Trinajstić information content (AvgIpc) is 2.95. The molecule has 2 N–H and O–H groups in total. The van der Waals surface area contributed by atoms with Gasteiger partial charge in [0.05, 0.1) is 0 Å². The van der Waals surface area contributed by atoms with Gasteiger partial charge in [0.2, 0.25) is 0 Å². The van der Waals surface area contributed by atoms with Gasteiger partial charge in [-0.05, 0) is 32.6 Å². The summed E-state index contributed by atoms with van der Waals surface area (Å²) in [5, 5.41) is 7.57. The number of aromatic nitrogens is 1. The van der Waals surface area contributed by atoms with E-state index in [4.69, 9.17) is 0 Å². The molecule has 0 aliphatic carbocycles. The second kappa shape index (κ2) is 7.85. The number of nitrogens with one attached hydrogen (secondary N) is 2. The molecule has 0 spiro atoms. The summed E-state index contributed by atoms with van der Waals surface area (Å²) < 4.78 is 0. The minimum Gasteiger partial charge on any atom is -0.349 e. The molecule has 0 radical (unpaired) electrons. The maximum Gasteiger partial charge on any atom is 0.270 e. The molecule has 1 aromatic heterocycles. The Kier molecular flexibility index (Phi) is 5.84. The third-order valence-electron chi connectivity index (χ3n) is 3.19. The Morgan fingerprint density at radius 3 is 2.65 bits per heavy atom. The number of likely N-dealkylation sites (N-methyl/N-ethyl adjacent to an activating group) is 1. The van der Waals surface area contributed by atoms with Crippen molar-refractivity contribution in [3.63, 3.8) is 0 Å². The summed E-state index contributed by atoms with van der Waals surface area (Å²) in [5.74, 6) is -0.462. The highest BCUT2D eigenvalue weighted by atomic mass is 32.1.